The molecule has 5 nitrogen and oxygen atoms in total. The summed E-state index contributed by atoms with van der Waals surface area (Å²) in [6.07, 6.45) is 0. The molecule has 0 bridgehead atoms. The fourth-order valence-electron chi connectivity index (χ4n) is 2.38. The predicted octanol–water partition coefficient (Wildman–Crippen LogP) is 4.04. The molecule has 0 saturated carbocycles. The molecular weight excluding hydrogens is 378 g/mol. The van der Waals surface area contributed by atoms with E-state index in [1.807, 2.05) is 35.7 Å². The molecule has 0 atom stereocenters. The van der Waals surface area contributed by atoms with Crippen molar-refractivity contribution in [3.8, 4) is 10.6 Å². The molecule has 0 radical (unpaired) electrons. The zero-order valence-electron chi connectivity index (χ0n) is 14.8. The largest absolute Gasteiger partial charge is 0.355 e. The lowest BCUT2D eigenvalue weighted by atomic mass is 10.2. The number of hydrogen-bond donors (Lipinski definition) is 2. The van der Waals surface area contributed by atoms with Crippen LogP contribution in [0.5, 0.6) is 0 Å². The monoisotopic (exact) mass is 397 g/mol. The van der Waals surface area contributed by atoms with Crippen LogP contribution in [0.1, 0.15) is 16.1 Å². The van der Waals surface area contributed by atoms with Gasteiger partial charge in [-0.3, -0.25) is 9.59 Å². The molecule has 1 aromatic heterocycles. The van der Waals surface area contributed by atoms with Crippen molar-refractivity contribution in [1.82, 2.24) is 10.3 Å². The lowest BCUT2D eigenvalue weighted by molar-refractivity contribution is -0.113. The summed E-state index contributed by atoms with van der Waals surface area (Å²) in [5.74, 6) is 0.801. The van der Waals surface area contributed by atoms with E-state index in [2.05, 4.69) is 15.6 Å². The van der Waals surface area contributed by atoms with Crippen molar-refractivity contribution >= 4 is 40.6 Å². The van der Waals surface area contributed by atoms with Crippen molar-refractivity contribution in [3.05, 3.63) is 71.2 Å². The quantitative estimate of drug-likeness (QED) is 0.631. The Balaban J connectivity index is 1.46. The summed E-state index contributed by atoms with van der Waals surface area (Å²) in [4.78, 5) is 28.2. The van der Waals surface area contributed by atoms with Crippen molar-refractivity contribution in [1.29, 1.82) is 0 Å². The second kappa shape index (κ2) is 9.34. The van der Waals surface area contributed by atoms with E-state index in [1.165, 1.54) is 11.8 Å². The van der Waals surface area contributed by atoms with Crippen LogP contribution in [0.2, 0.25) is 0 Å². The number of carbonyl (C=O) groups is 2. The molecule has 7 heteroatoms. The van der Waals surface area contributed by atoms with Gasteiger partial charge in [0, 0.05) is 35.0 Å². The molecule has 0 fully saturated rings. The van der Waals surface area contributed by atoms with Gasteiger partial charge in [-0.1, -0.05) is 30.3 Å². The molecule has 2 aromatic carbocycles. The number of aromatic nitrogens is 1. The minimum atomic E-state index is -0.151. The fourth-order valence-corrected chi connectivity index (χ4v) is 4.03. The van der Waals surface area contributed by atoms with E-state index in [-0.39, 0.29) is 11.8 Å². The summed E-state index contributed by atoms with van der Waals surface area (Å²) in [5.41, 5.74) is 3.32. The molecule has 0 saturated heterocycles. The number of rotatable bonds is 7. The lowest BCUT2D eigenvalue weighted by Crippen LogP contribution is -2.18. The van der Waals surface area contributed by atoms with Gasteiger partial charge in [-0.2, -0.15) is 0 Å². The van der Waals surface area contributed by atoms with Crippen LogP contribution in [0.4, 0.5) is 5.69 Å². The molecule has 2 N–H and O–H groups in total. The summed E-state index contributed by atoms with van der Waals surface area (Å²) in [5, 5.41) is 8.42. The zero-order valence-corrected chi connectivity index (χ0v) is 16.4. The minimum absolute atomic E-state index is 0.0776. The van der Waals surface area contributed by atoms with E-state index in [0.29, 0.717) is 22.8 Å². The van der Waals surface area contributed by atoms with Crippen LogP contribution in [-0.4, -0.2) is 29.6 Å². The molecule has 0 aliphatic rings. The summed E-state index contributed by atoms with van der Waals surface area (Å²) in [6.45, 7) is 0. The Labute approximate surface area is 166 Å². The third-order valence-corrected chi connectivity index (χ3v) is 5.62. The Kier molecular flexibility index (Phi) is 6.62. The van der Waals surface area contributed by atoms with Crippen molar-refractivity contribution in [3.63, 3.8) is 0 Å². The number of nitrogens with one attached hydrogen (secondary N) is 2. The van der Waals surface area contributed by atoms with E-state index < -0.39 is 0 Å². The smallest absolute Gasteiger partial charge is 0.251 e. The Bertz CT molecular complexity index is 908. The number of amides is 2. The molecule has 0 aliphatic heterocycles. The van der Waals surface area contributed by atoms with Crippen LogP contribution in [0.3, 0.4) is 0 Å². The van der Waals surface area contributed by atoms with Gasteiger partial charge in [0.2, 0.25) is 5.91 Å². The van der Waals surface area contributed by atoms with Crippen LogP contribution in [-0.2, 0) is 10.5 Å². The van der Waals surface area contributed by atoms with Gasteiger partial charge >= 0.3 is 0 Å². The van der Waals surface area contributed by atoms with Crippen LogP contribution in [0.15, 0.2) is 60.0 Å². The SMILES string of the molecule is CNC(=O)c1ccc(NC(=O)CSCc2csc(-c3ccccc3)n2)cc1. The highest BCUT2D eigenvalue weighted by molar-refractivity contribution is 7.99. The van der Waals surface area contributed by atoms with Gasteiger partial charge in [0.1, 0.15) is 5.01 Å². The summed E-state index contributed by atoms with van der Waals surface area (Å²) in [7, 11) is 1.58. The highest BCUT2D eigenvalue weighted by atomic mass is 32.2. The third-order valence-electron chi connectivity index (χ3n) is 3.71. The summed E-state index contributed by atoms with van der Waals surface area (Å²) < 4.78 is 0. The lowest BCUT2D eigenvalue weighted by Gasteiger charge is -2.06. The molecule has 3 rings (SSSR count). The first-order valence-corrected chi connectivity index (χ1v) is 10.4. The molecule has 0 aliphatic carbocycles. The molecule has 27 heavy (non-hydrogen) atoms. The predicted molar refractivity (Wildman–Crippen MR) is 112 cm³/mol. The van der Waals surface area contributed by atoms with Crippen molar-refractivity contribution in [2.75, 3.05) is 18.1 Å². The van der Waals surface area contributed by atoms with E-state index >= 15 is 0 Å². The minimum Gasteiger partial charge on any atom is -0.355 e. The van der Waals surface area contributed by atoms with Gasteiger partial charge in [0.15, 0.2) is 0 Å². The highest BCUT2D eigenvalue weighted by Gasteiger charge is 2.08. The first-order chi connectivity index (χ1) is 13.2. The number of benzene rings is 2. The topological polar surface area (TPSA) is 71.1 Å². The maximum atomic E-state index is 12.1. The number of carbonyl (C=O) groups excluding carboxylic acids is 2. The van der Waals surface area contributed by atoms with Gasteiger partial charge in [0.05, 0.1) is 11.4 Å². The molecule has 3 aromatic rings. The van der Waals surface area contributed by atoms with Crippen LogP contribution >= 0.6 is 23.1 Å². The van der Waals surface area contributed by atoms with E-state index in [0.717, 1.165) is 16.3 Å². The normalized spacial score (nSPS) is 10.4. The summed E-state index contributed by atoms with van der Waals surface area (Å²) in [6, 6.07) is 16.9. The van der Waals surface area contributed by atoms with Crippen molar-refractivity contribution < 1.29 is 9.59 Å². The Morgan fingerprint density at radius 3 is 2.52 bits per heavy atom. The molecule has 0 spiro atoms. The van der Waals surface area contributed by atoms with Gasteiger partial charge in [0.25, 0.3) is 5.91 Å². The maximum absolute atomic E-state index is 12.1. The summed E-state index contributed by atoms with van der Waals surface area (Å²) >= 11 is 3.13. The van der Waals surface area contributed by atoms with Crippen molar-refractivity contribution in [2.24, 2.45) is 0 Å². The van der Waals surface area contributed by atoms with E-state index in [1.54, 1.807) is 42.6 Å². The van der Waals surface area contributed by atoms with Crippen LogP contribution in [0.25, 0.3) is 10.6 Å². The highest BCUT2D eigenvalue weighted by Crippen LogP contribution is 2.25. The van der Waals surface area contributed by atoms with Crippen LogP contribution < -0.4 is 10.6 Å². The maximum Gasteiger partial charge on any atom is 0.251 e. The van der Waals surface area contributed by atoms with Gasteiger partial charge in [-0.25, -0.2) is 4.98 Å². The van der Waals surface area contributed by atoms with Gasteiger partial charge in [-0.05, 0) is 24.3 Å². The molecule has 138 valence electrons. The standard InChI is InChI=1S/C20H19N3O2S2/c1-21-19(25)14-7-9-16(10-8-14)22-18(24)13-26-11-17-12-27-20(23-17)15-5-3-2-4-6-15/h2-10,12H,11,13H2,1H3,(H,21,25)(H,22,24). The molecular formula is C20H19N3O2S2. The number of thiazole rings is 1. The second-order valence-electron chi connectivity index (χ2n) is 5.71. The van der Waals surface area contributed by atoms with Gasteiger partial charge in [-0.15, -0.1) is 23.1 Å². The third kappa shape index (κ3) is 5.42. The number of anilines is 1. The molecule has 0 unspecified atom stereocenters. The number of nitrogens with zero attached hydrogens (tertiary/aromatic N) is 1. The zero-order chi connectivity index (χ0) is 19.1. The first kappa shape index (κ1) is 19.1. The second-order valence-corrected chi connectivity index (χ2v) is 7.55. The number of thioether (sulfide) groups is 1. The van der Waals surface area contributed by atoms with Crippen molar-refractivity contribution in [2.45, 2.75) is 5.75 Å². The van der Waals surface area contributed by atoms with Gasteiger partial charge < -0.3 is 10.6 Å². The average molecular weight is 398 g/mol. The Hall–Kier alpha value is -2.64. The van der Waals surface area contributed by atoms with E-state index in [4.69, 9.17) is 0 Å². The average Bonchev–Trinajstić information content (AvgIpc) is 3.17. The first-order valence-electron chi connectivity index (χ1n) is 8.35. The van der Waals surface area contributed by atoms with Crippen LogP contribution in [0, 0.1) is 0 Å². The van der Waals surface area contributed by atoms with E-state index in [9.17, 15) is 9.59 Å². The molecule has 1 heterocycles. The number of hydrogen-bond acceptors (Lipinski definition) is 5. The Morgan fingerprint density at radius 2 is 1.81 bits per heavy atom. The fraction of sp³-hybridized carbons (Fsp3) is 0.150. The Morgan fingerprint density at radius 1 is 1.07 bits per heavy atom. The molecule has 2 amide bonds.